The van der Waals surface area contributed by atoms with E-state index in [9.17, 15) is 0 Å². The van der Waals surface area contributed by atoms with Crippen molar-refractivity contribution in [3.05, 3.63) is 24.0 Å². The van der Waals surface area contributed by atoms with Gasteiger partial charge in [-0.15, -0.1) is 12.4 Å². The molecule has 2 heterocycles. The Morgan fingerprint density at radius 2 is 2.40 bits per heavy atom. The number of hydrogen-bond donors (Lipinski definition) is 1. The van der Waals surface area contributed by atoms with Crippen LogP contribution in [0.2, 0.25) is 0 Å². The molecule has 0 radical (unpaired) electrons. The maximum atomic E-state index is 8.64. The highest BCUT2D eigenvalue weighted by atomic mass is 35.5. The Balaban J connectivity index is 0.00000112. The highest BCUT2D eigenvalue weighted by Crippen LogP contribution is 2.12. The van der Waals surface area contributed by atoms with E-state index in [1.807, 2.05) is 6.07 Å². The van der Waals surface area contributed by atoms with Gasteiger partial charge in [0.2, 0.25) is 0 Å². The molecule has 0 amide bonds. The van der Waals surface area contributed by atoms with Gasteiger partial charge in [-0.3, -0.25) is 4.98 Å². The van der Waals surface area contributed by atoms with Gasteiger partial charge in [0.1, 0.15) is 18.4 Å². The van der Waals surface area contributed by atoms with E-state index in [0.29, 0.717) is 24.0 Å². The predicted octanol–water partition coefficient (Wildman–Crippen LogP) is 1.12. The second kappa shape index (κ2) is 5.54. The van der Waals surface area contributed by atoms with Crippen molar-refractivity contribution in [1.29, 1.82) is 5.26 Å². The molecule has 2 rings (SSSR count). The first kappa shape index (κ1) is 11.8. The van der Waals surface area contributed by atoms with Crippen LogP contribution in [-0.2, 0) is 0 Å². The Hall–Kier alpha value is -1.31. The zero-order valence-electron chi connectivity index (χ0n) is 8.14. The maximum Gasteiger partial charge on any atom is 0.138 e. The Morgan fingerprint density at radius 3 is 3.00 bits per heavy atom. The lowest BCUT2D eigenvalue weighted by molar-refractivity contribution is 0.217. The van der Waals surface area contributed by atoms with Gasteiger partial charge in [0.05, 0.1) is 11.8 Å². The van der Waals surface area contributed by atoms with Crippen molar-refractivity contribution in [3.63, 3.8) is 0 Å². The number of hydrogen-bond acceptors (Lipinski definition) is 4. The number of nitrogens with one attached hydrogen (secondary N) is 1. The summed E-state index contributed by atoms with van der Waals surface area (Å²) < 4.78 is 5.48. The molecule has 1 fully saturated rings. The van der Waals surface area contributed by atoms with Crippen molar-refractivity contribution >= 4 is 12.4 Å². The van der Waals surface area contributed by atoms with Gasteiger partial charge in [0.15, 0.2) is 0 Å². The lowest BCUT2D eigenvalue weighted by Gasteiger charge is -2.27. The van der Waals surface area contributed by atoms with Gasteiger partial charge in [-0.25, -0.2) is 0 Å². The van der Waals surface area contributed by atoms with Crippen molar-refractivity contribution in [1.82, 2.24) is 10.3 Å². The normalized spacial score (nSPS) is 18.2. The molecule has 1 N–H and O–H groups in total. The van der Waals surface area contributed by atoms with E-state index in [-0.39, 0.29) is 12.4 Å². The maximum absolute atomic E-state index is 8.64. The molecule has 1 atom stereocenters. The summed E-state index contributed by atoms with van der Waals surface area (Å²) in [6.45, 7) is 1.72. The van der Waals surface area contributed by atoms with E-state index in [1.54, 1.807) is 12.3 Å². The lowest BCUT2D eigenvalue weighted by atomic mass is 10.1. The third-order valence-electron chi connectivity index (χ3n) is 2.22. The largest absolute Gasteiger partial charge is 0.490 e. The molecule has 80 valence electrons. The summed E-state index contributed by atoms with van der Waals surface area (Å²) in [7, 11) is 0. The van der Waals surface area contributed by atoms with Gasteiger partial charge >= 0.3 is 0 Å². The summed E-state index contributed by atoms with van der Waals surface area (Å²) in [5, 5.41) is 11.9. The Morgan fingerprint density at radius 1 is 1.60 bits per heavy atom. The zero-order chi connectivity index (χ0) is 9.80. The van der Waals surface area contributed by atoms with E-state index in [0.717, 1.165) is 13.0 Å². The minimum Gasteiger partial charge on any atom is -0.490 e. The molecule has 5 heteroatoms. The van der Waals surface area contributed by atoms with Gasteiger partial charge in [0.25, 0.3) is 0 Å². The van der Waals surface area contributed by atoms with Crippen molar-refractivity contribution in [2.75, 3.05) is 13.2 Å². The molecule has 1 aromatic rings. The monoisotopic (exact) mass is 225 g/mol. The summed E-state index contributed by atoms with van der Waals surface area (Å²) in [6, 6.07) is 4.18. The summed E-state index contributed by atoms with van der Waals surface area (Å²) in [4.78, 5) is 3.91. The number of pyridine rings is 1. The average Bonchev–Trinajstić information content (AvgIpc) is 2.16. The standard InChI is InChI=1S/C10H11N3O.ClH/c11-4-8-3-10(6-12-5-8)14-7-9-1-2-13-9;/h3,5-6,9,13H,1-2,7H2;1H/t9-;/m0./s1. The van der Waals surface area contributed by atoms with Crippen LogP contribution in [-0.4, -0.2) is 24.2 Å². The minimum atomic E-state index is 0. The van der Waals surface area contributed by atoms with E-state index in [1.165, 1.54) is 6.20 Å². The third kappa shape index (κ3) is 3.08. The van der Waals surface area contributed by atoms with Crippen LogP contribution >= 0.6 is 12.4 Å². The average molecular weight is 226 g/mol. The Labute approximate surface area is 94.7 Å². The molecule has 1 aliphatic rings. The molecule has 0 saturated carbocycles. The fourth-order valence-corrected chi connectivity index (χ4v) is 1.25. The van der Waals surface area contributed by atoms with Crippen molar-refractivity contribution in [3.8, 4) is 11.8 Å². The molecule has 1 saturated heterocycles. The van der Waals surface area contributed by atoms with Crippen molar-refractivity contribution in [2.45, 2.75) is 12.5 Å². The molecule has 15 heavy (non-hydrogen) atoms. The van der Waals surface area contributed by atoms with Crippen LogP contribution in [0.25, 0.3) is 0 Å². The van der Waals surface area contributed by atoms with Crippen LogP contribution in [0.5, 0.6) is 5.75 Å². The molecule has 0 bridgehead atoms. The number of aromatic nitrogens is 1. The van der Waals surface area contributed by atoms with Crippen LogP contribution < -0.4 is 10.1 Å². The van der Waals surface area contributed by atoms with Gasteiger partial charge in [-0.05, 0) is 13.0 Å². The number of rotatable bonds is 3. The zero-order valence-corrected chi connectivity index (χ0v) is 8.96. The molecular weight excluding hydrogens is 214 g/mol. The fourth-order valence-electron chi connectivity index (χ4n) is 1.25. The quantitative estimate of drug-likeness (QED) is 0.838. The number of ether oxygens (including phenoxy) is 1. The molecule has 0 aromatic carbocycles. The first-order valence-corrected chi connectivity index (χ1v) is 4.60. The van der Waals surface area contributed by atoms with Gasteiger partial charge < -0.3 is 10.1 Å². The summed E-state index contributed by atoms with van der Waals surface area (Å²) in [5.74, 6) is 0.665. The highest BCUT2D eigenvalue weighted by Gasteiger charge is 2.16. The molecular formula is C10H12ClN3O. The number of nitrogens with zero attached hydrogens (tertiary/aromatic N) is 2. The molecule has 0 aliphatic carbocycles. The van der Waals surface area contributed by atoms with Crippen LogP contribution in [0.15, 0.2) is 18.5 Å². The number of nitriles is 1. The van der Waals surface area contributed by atoms with Crippen LogP contribution in [0.1, 0.15) is 12.0 Å². The molecule has 4 nitrogen and oxygen atoms in total. The van der Waals surface area contributed by atoms with E-state index < -0.39 is 0 Å². The minimum absolute atomic E-state index is 0. The highest BCUT2D eigenvalue weighted by molar-refractivity contribution is 5.85. The Kier molecular flexibility index (Phi) is 4.35. The first-order chi connectivity index (χ1) is 6.88. The van der Waals surface area contributed by atoms with E-state index in [2.05, 4.69) is 10.3 Å². The predicted molar refractivity (Wildman–Crippen MR) is 58.1 cm³/mol. The Bertz CT molecular complexity index is 360. The van der Waals surface area contributed by atoms with E-state index in [4.69, 9.17) is 10.00 Å². The third-order valence-corrected chi connectivity index (χ3v) is 2.22. The number of halogens is 1. The molecule has 1 aromatic heterocycles. The molecule has 0 unspecified atom stereocenters. The SMILES string of the molecule is Cl.N#Cc1cncc(OC[C@@H]2CCN2)c1. The summed E-state index contributed by atoms with van der Waals surface area (Å²) >= 11 is 0. The molecule has 0 spiro atoms. The second-order valence-electron chi connectivity index (χ2n) is 3.27. The first-order valence-electron chi connectivity index (χ1n) is 4.60. The van der Waals surface area contributed by atoms with Gasteiger partial charge in [0, 0.05) is 18.3 Å². The smallest absolute Gasteiger partial charge is 0.138 e. The molecule has 1 aliphatic heterocycles. The summed E-state index contributed by atoms with van der Waals surface area (Å²) in [6.07, 6.45) is 4.30. The second-order valence-corrected chi connectivity index (χ2v) is 3.27. The lowest BCUT2D eigenvalue weighted by Crippen LogP contribution is -2.46. The van der Waals surface area contributed by atoms with Crippen LogP contribution in [0.3, 0.4) is 0 Å². The summed E-state index contributed by atoms with van der Waals surface area (Å²) in [5.41, 5.74) is 0.532. The van der Waals surface area contributed by atoms with Gasteiger partial charge in [-0.1, -0.05) is 0 Å². The van der Waals surface area contributed by atoms with Gasteiger partial charge in [-0.2, -0.15) is 5.26 Å². The van der Waals surface area contributed by atoms with E-state index >= 15 is 0 Å². The fraction of sp³-hybridized carbons (Fsp3) is 0.400. The van der Waals surface area contributed by atoms with Crippen molar-refractivity contribution in [2.24, 2.45) is 0 Å². The topological polar surface area (TPSA) is 57.9 Å². The van der Waals surface area contributed by atoms with Crippen LogP contribution in [0, 0.1) is 11.3 Å². The van der Waals surface area contributed by atoms with Crippen LogP contribution in [0.4, 0.5) is 0 Å². The van der Waals surface area contributed by atoms with Crippen molar-refractivity contribution < 1.29 is 4.74 Å².